The van der Waals surface area contributed by atoms with E-state index < -0.39 is 0 Å². The molecule has 2 heterocycles. The number of likely N-dealkylation sites (tertiary alicyclic amines) is 1. The number of amides is 1. The molecule has 2 aliphatic rings. The van der Waals surface area contributed by atoms with Gasteiger partial charge in [-0.2, -0.15) is 0 Å². The van der Waals surface area contributed by atoms with Crippen LogP contribution in [0.3, 0.4) is 0 Å². The number of nitrogens with zero attached hydrogens (tertiary/aromatic N) is 2. The maximum absolute atomic E-state index is 12.5. The molecule has 6 heteroatoms. The first kappa shape index (κ1) is 15.1. The molecule has 2 fully saturated rings. The number of rotatable bonds is 2. The maximum Gasteiger partial charge on any atom is 0.256 e. The minimum Gasteiger partial charge on any atom is -0.381 e. The molecule has 4 nitrogen and oxygen atoms in total. The van der Waals surface area contributed by atoms with Crippen molar-refractivity contribution in [2.45, 2.75) is 31.8 Å². The lowest BCUT2D eigenvalue weighted by Crippen LogP contribution is -2.50. The molecule has 0 radical (unpaired) electrons. The van der Waals surface area contributed by atoms with Crippen LogP contribution in [0.25, 0.3) is 0 Å². The number of hydrogen-bond acceptors (Lipinski definition) is 3. The second-order valence-electron chi connectivity index (χ2n) is 6.05. The molecule has 1 aromatic heterocycles. The Hall–Kier alpha value is -0.840. The summed E-state index contributed by atoms with van der Waals surface area (Å²) in [6.45, 7) is 1.54. The fourth-order valence-electron chi connectivity index (χ4n) is 3.40. The van der Waals surface area contributed by atoms with Crippen molar-refractivity contribution in [2.24, 2.45) is 5.41 Å². The third-order valence-corrected chi connectivity index (χ3v) is 5.34. The molecule has 1 aliphatic carbocycles. The quantitative estimate of drug-likeness (QED) is 0.781. The average Bonchev–Trinajstić information content (AvgIpc) is 2.44. The smallest absolute Gasteiger partial charge is 0.256 e. The number of halogens is 2. The van der Waals surface area contributed by atoms with Gasteiger partial charge in [-0.25, -0.2) is 4.98 Å². The van der Waals surface area contributed by atoms with Crippen molar-refractivity contribution >= 4 is 29.1 Å². The van der Waals surface area contributed by atoms with E-state index in [1.54, 1.807) is 7.11 Å². The lowest BCUT2D eigenvalue weighted by molar-refractivity contribution is -0.0841. The third-order valence-electron chi connectivity index (χ3n) is 4.82. The van der Waals surface area contributed by atoms with Gasteiger partial charge in [0.2, 0.25) is 0 Å². The number of pyridine rings is 1. The maximum atomic E-state index is 12.5. The number of hydrogen-bond donors (Lipinski definition) is 0. The molecule has 3 rings (SSSR count). The topological polar surface area (TPSA) is 42.4 Å². The van der Waals surface area contributed by atoms with Crippen LogP contribution in [0.2, 0.25) is 10.2 Å². The van der Waals surface area contributed by atoms with Gasteiger partial charge in [0.1, 0.15) is 5.15 Å². The van der Waals surface area contributed by atoms with E-state index in [4.69, 9.17) is 27.9 Å². The first-order valence-corrected chi connectivity index (χ1v) is 7.92. The highest BCUT2D eigenvalue weighted by Crippen LogP contribution is 2.50. The summed E-state index contributed by atoms with van der Waals surface area (Å²) in [6, 6.07) is 1.51. The van der Waals surface area contributed by atoms with Crippen LogP contribution < -0.4 is 0 Å². The van der Waals surface area contributed by atoms with Crippen LogP contribution in [-0.2, 0) is 4.74 Å². The molecule has 0 aromatic carbocycles. The van der Waals surface area contributed by atoms with E-state index in [2.05, 4.69) is 4.98 Å². The highest BCUT2D eigenvalue weighted by Gasteiger charge is 2.46. The summed E-state index contributed by atoms with van der Waals surface area (Å²) in [5, 5.41) is 0.664. The molecule has 1 amide bonds. The van der Waals surface area contributed by atoms with Gasteiger partial charge in [0, 0.05) is 26.4 Å². The van der Waals surface area contributed by atoms with E-state index in [1.165, 1.54) is 12.3 Å². The number of ether oxygens (including phenoxy) is 1. The number of piperidine rings is 1. The van der Waals surface area contributed by atoms with E-state index in [0.29, 0.717) is 27.3 Å². The van der Waals surface area contributed by atoms with Crippen molar-refractivity contribution in [1.29, 1.82) is 0 Å². The highest BCUT2D eigenvalue weighted by atomic mass is 35.5. The molecular formula is C15H18Cl2N2O2. The van der Waals surface area contributed by atoms with Crippen molar-refractivity contribution in [3.63, 3.8) is 0 Å². The Morgan fingerprint density at radius 2 is 2.05 bits per heavy atom. The molecule has 0 bridgehead atoms. The van der Waals surface area contributed by atoms with Crippen LogP contribution in [0.5, 0.6) is 0 Å². The Morgan fingerprint density at radius 3 is 2.62 bits per heavy atom. The molecule has 1 aromatic rings. The third kappa shape index (κ3) is 2.89. The van der Waals surface area contributed by atoms with Crippen molar-refractivity contribution in [1.82, 2.24) is 9.88 Å². The van der Waals surface area contributed by atoms with Crippen LogP contribution >= 0.6 is 23.2 Å². The normalized spacial score (nSPS) is 21.4. The van der Waals surface area contributed by atoms with Gasteiger partial charge >= 0.3 is 0 Å². The van der Waals surface area contributed by atoms with Gasteiger partial charge in [-0.05, 0) is 37.2 Å². The molecular weight excluding hydrogens is 311 g/mol. The summed E-state index contributed by atoms with van der Waals surface area (Å²) >= 11 is 11.9. The monoisotopic (exact) mass is 328 g/mol. The second kappa shape index (κ2) is 5.75. The number of methoxy groups -OCH3 is 1. The van der Waals surface area contributed by atoms with Crippen LogP contribution in [0.4, 0.5) is 0 Å². The van der Waals surface area contributed by atoms with E-state index in [9.17, 15) is 4.79 Å². The minimum atomic E-state index is -0.0540. The van der Waals surface area contributed by atoms with Crippen molar-refractivity contribution in [2.75, 3.05) is 20.2 Å². The van der Waals surface area contributed by atoms with Crippen molar-refractivity contribution in [3.8, 4) is 0 Å². The summed E-state index contributed by atoms with van der Waals surface area (Å²) in [5.74, 6) is -0.0540. The van der Waals surface area contributed by atoms with E-state index in [1.807, 2.05) is 4.90 Å². The Labute approximate surface area is 134 Å². The van der Waals surface area contributed by atoms with Gasteiger partial charge in [-0.3, -0.25) is 4.79 Å². The van der Waals surface area contributed by atoms with E-state index >= 15 is 0 Å². The zero-order valence-corrected chi connectivity index (χ0v) is 13.5. The zero-order chi connectivity index (χ0) is 15.0. The highest BCUT2D eigenvalue weighted by molar-refractivity contribution is 6.36. The van der Waals surface area contributed by atoms with Crippen molar-refractivity contribution < 1.29 is 9.53 Å². The van der Waals surface area contributed by atoms with Gasteiger partial charge in [0.05, 0.1) is 16.7 Å². The summed E-state index contributed by atoms with van der Waals surface area (Å²) in [6.07, 6.45) is 6.18. The van der Waals surface area contributed by atoms with E-state index in [0.717, 1.165) is 38.8 Å². The Kier molecular flexibility index (Phi) is 4.12. The number of aromatic nitrogens is 1. The van der Waals surface area contributed by atoms with E-state index in [-0.39, 0.29) is 5.91 Å². The Bertz CT molecular complexity index is 549. The molecule has 0 atom stereocenters. The molecule has 1 saturated heterocycles. The summed E-state index contributed by atoms with van der Waals surface area (Å²) < 4.78 is 5.37. The van der Waals surface area contributed by atoms with Crippen LogP contribution in [-0.4, -0.2) is 42.1 Å². The van der Waals surface area contributed by atoms with Gasteiger partial charge in [-0.1, -0.05) is 23.2 Å². The minimum absolute atomic E-state index is 0.0540. The van der Waals surface area contributed by atoms with Crippen LogP contribution in [0.1, 0.15) is 36.0 Å². The lowest BCUT2D eigenvalue weighted by atomic mass is 9.61. The van der Waals surface area contributed by atoms with Crippen molar-refractivity contribution in [3.05, 3.63) is 28.0 Å². The molecule has 0 N–H and O–H groups in total. The standard InChI is InChI=1S/C15H18Cl2N2O2/c1-21-10-7-15(8-10)2-4-19(5-3-15)14(20)11-9-18-13(17)6-12(11)16/h6,9-10H,2-5,7-8H2,1H3. The Morgan fingerprint density at radius 1 is 1.38 bits per heavy atom. The van der Waals surface area contributed by atoms with Gasteiger partial charge in [0.15, 0.2) is 0 Å². The second-order valence-corrected chi connectivity index (χ2v) is 6.84. The Balaban J connectivity index is 1.63. The average molecular weight is 329 g/mol. The molecule has 1 spiro atoms. The predicted octanol–water partition coefficient (Wildman–Crippen LogP) is 3.42. The largest absolute Gasteiger partial charge is 0.381 e. The number of carbonyl (C=O) groups excluding carboxylic acids is 1. The van der Waals surface area contributed by atoms with Gasteiger partial charge in [-0.15, -0.1) is 0 Å². The van der Waals surface area contributed by atoms with Gasteiger partial charge in [0.25, 0.3) is 5.91 Å². The fourth-order valence-corrected chi connectivity index (χ4v) is 3.85. The molecule has 0 unspecified atom stereocenters. The summed E-state index contributed by atoms with van der Waals surface area (Å²) in [4.78, 5) is 18.3. The molecule has 114 valence electrons. The summed E-state index contributed by atoms with van der Waals surface area (Å²) in [5.41, 5.74) is 0.819. The number of carbonyl (C=O) groups is 1. The van der Waals surface area contributed by atoms with Gasteiger partial charge < -0.3 is 9.64 Å². The SMILES string of the molecule is COC1CC2(CCN(C(=O)c3cnc(Cl)cc3Cl)CC2)C1. The molecule has 21 heavy (non-hydrogen) atoms. The van der Waals surface area contributed by atoms with Crippen LogP contribution in [0, 0.1) is 5.41 Å². The lowest BCUT2D eigenvalue weighted by Gasteiger charge is -2.51. The molecule has 1 saturated carbocycles. The predicted molar refractivity (Wildman–Crippen MR) is 81.9 cm³/mol. The zero-order valence-electron chi connectivity index (χ0n) is 11.9. The first-order chi connectivity index (χ1) is 10.0. The fraction of sp³-hybridized carbons (Fsp3) is 0.600. The molecule has 1 aliphatic heterocycles. The summed E-state index contributed by atoms with van der Waals surface area (Å²) in [7, 11) is 1.77. The first-order valence-electron chi connectivity index (χ1n) is 7.16. The van der Waals surface area contributed by atoms with Crippen LogP contribution in [0.15, 0.2) is 12.3 Å².